The molecule has 0 amide bonds. The molecule has 0 aliphatic carbocycles. The van der Waals surface area contributed by atoms with Crippen LogP contribution in [0.15, 0.2) is 24.4 Å². The predicted octanol–water partition coefficient (Wildman–Crippen LogP) is 3.70. The largest absolute Gasteiger partial charge is 0.360 e. The molecule has 0 aliphatic rings. The van der Waals surface area contributed by atoms with Gasteiger partial charge in [-0.05, 0) is 11.5 Å². The first-order valence-corrected chi connectivity index (χ1v) is 6.07. The van der Waals surface area contributed by atoms with Gasteiger partial charge in [0.2, 0.25) is 0 Å². The maximum Gasteiger partial charge on any atom is 0.270 e. The minimum atomic E-state index is -0.454. The lowest BCUT2D eigenvalue weighted by molar-refractivity contribution is -0.384. The Morgan fingerprint density at radius 3 is 2.63 bits per heavy atom. The first-order chi connectivity index (χ1) is 8.78. The third-order valence-corrected chi connectivity index (χ3v) is 2.87. The van der Waals surface area contributed by atoms with Gasteiger partial charge in [-0.2, -0.15) is 0 Å². The van der Waals surface area contributed by atoms with Crippen molar-refractivity contribution >= 4 is 22.4 Å². The summed E-state index contributed by atoms with van der Waals surface area (Å²) >= 11 is 0. The summed E-state index contributed by atoms with van der Waals surface area (Å²) in [7, 11) is 0. The highest BCUT2D eigenvalue weighted by Crippen LogP contribution is 2.27. The van der Waals surface area contributed by atoms with Gasteiger partial charge in [0.15, 0.2) is 5.78 Å². The van der Waals surface area contributed by atoms with Gasteiger partial charge in [-0.1, -0.05) is 20.8 Å². The second-order valence-electron chi connectivity index (χ2n) is 5.85. The van der Waals surface area contributed by atoms with E-state index in [1.54, 1.807) is 12.3 Å². The number of hydrogen-bond acceptors (Lipinski definition) is 3. The SMILES string of the molecule is CC(C)(C)CC(=O)c1c[nH]c2ccc([N+](=O)[O-])cc12. The molecule has 2 rings (SSSR count). The monoisotopic (exact) mass is 260 g/mol. The lowest BCUT2D eigenvalue weighted by Gasteiger charge is -2.16. The van der Waals surface area contributed by atoms with Crippen LogP contribution in [0.25, 0.3) is 10.9 Å². The Morgan fingerprint density at radius 2 is 2.05 bits per heavy atom. The van der Waals surface area contributed by atoms with E-state index in [4.69, 9.17) is 0 Å². The van der Waals surface area contributed by atoms with Crippen LogP contribution in [0, 0.1) is 15.5 Å². The van der Waals surface area contributed by atoms with E-state index in [9.17, 15) is 14.9 Å². The Bertz CT molecular complexity index is 650. The molecule has 100 valence electrons. The van der Waals surface area contributed by atoms with Gasteiger partial charge in [-0.3, -0.25) is 14.9 Å². The molecule has 5 nitrogen and oxygen atoms in total. The van der Waals surface area contributed by atoms with Gasteiger partial charge in [-0.25, -0.2) is 0 Å². The molecule has 0 unspecified atom stereocenters. The van der Waals surface area contributed by atoms with Crippen molar-refractivity contribution in [1.82, 2.24) is 4.98 Å². The van der Waals surface area contributed by atoms with Gasteiger partial charge in [0, 0.05) is 41.2 Å². The zero-order valence-electron chi connectivity index (χ0n) is 11.2. The molecule has 1 heterocycles. The van der Waals surface area contributed by atoms with Crippen molar-refractivity contribution in [3.63, 3.8) is 0 Å². The average Bonchev–Trinajstić information content (AvgIpc) is 2.68. The van der Waals surface area contributed by atoms with Crippen LogP contribution in [0.3, 0.4) is 0 Å². The molecule has 0 aliphatic heterocycles. The van der Waals surface area contributed by atoms with Crippen LogP contribution in [0.2, 0.25) is 0 Å². The maximum atomic E-state index is 12.2. The molecule has 5 heteroatoms. The normalized spacial score (nSPS) is 11.7. The van der Waals surface area contributed by atoms with Crippen molar-refractivity contribution in [2.24, 2.45) is 5.41 Å². The number of carbonyl (C=O) groups is 1. The summed E-state index contributed by atoms with van der Waals surface area (Å²) in [6.07, 6.45) is 2.03. The van der Waals surface area contributed by atoms with Gasteiger partial charge in [0.05, 0.1) is 4.92 Å². The van der Waals surface area contributed by atoms with Crippen LogP contribution in [-0.2, 0) is 0 Å². The van der Waals surface area contributed by atoms with Crippen molar-refractivity contribution < 1.29 is 9.72 Å². The highest BCUT2D eigenvalue weighted by Gasteiger charge is 2.20. The van der Waals surface area contributed by atoms with Crippen molar-refractivity contribution in [1.29, 1.82) is 0 Å². The number of H-pyrrole nitrogens is 1. The number of nitrogens with one attached hydrogen (secondary N) is 1. The molecule has 0 radical (unpaired) electrons. The van der Waals surface area contributed by atoms with Crippen molar-refractivity contribution in [2.75, 3.05) is 0 Å². The molecule has 19 heavy (non-hydrogen) atoms. The second kappa shape index (κ2) is 4.50. The zero-order chi connectivity index (χ0) is 14.2. The van der Waals surface area contributed by atoms with Crippen LogP contribution in [0.5, 0.6) is 0 Å². The summed E-state index contributed by atoms with van der Waals surface area (Å²) in [4.78, 5) is 25.5. The summed E-state index contributed by atoms with van der Waals surface area (Å²) in [5, 5.41) is 11.4. The Kier molecular flexibility index (Phi) is 3.14. The van der Waals surface area contributed by atoms with E-state index >= 15 is 0 Å². The van der Waals surface area contributed by atoms with E-state index in [0.717, 1.165) is 5.52 Å². The van der Waals surface area contributed by atoms with Gasteiger partial charge >= 0.3 is 0 Å². The van der Waals surface area contributed by atoms with E-state index < -0.39 is 4.92 Å². The lowest BCUT2D eigenvalue weighted by atomic mass is 9.88. The summed E-state index contributed by atoms with van der Waals surface area (Å²) in [5.41, 5.74) is 1.15. The lowest BCUT2D eigenvalue weighted by Crippen LogP contribution is -2.12. The van der Waals surface area contributed by atoms with Crippen molar-refractivity contribution in [3.05, 3.63) is 40.1 Å². The van der Waals surface area contributed by atoms with Crippen LogP contribution in [-0.4, -0.2) is 15.7 Å². The Balaban J connectivity index is 2.46. The van der Waals surface area contributed by atoms with Gasteiger partial charge in [0.25, 0.3) is 5.69 Å². The van der Waals surface area contributed by atoms with E-state index in [1.807, 2.05) is 20.8 Å². The van der Waals surface area contributed by atoms with Gasteiger partial charge < -0.3 is 4.98 Å². The maximum absolute atomic E-state index is 12.2. The fourth-order valence-corrected chi connectivity index (χ4v) is 2.03. The number of fused-ring (bicyclic) bond motifs is 1. The smallest absolute Gasteiger partial charge is 0.270 e. The van der Waals surface area contributed by atoms with Crippen LogP contribution in [0.4, 0.5) is 5.69 Å². The van der Waals surface area contributed by atoms with Crippen LogP contribution >= 0.6 is 0 Å². The molecule has 0 fully saturated rings. The first-order valence-electron chi connectivity index (χ1n) is 6.07. The van der Waals surface area contributed by atoms with Gasteiger partial charge in [0.1, 0.15) is 0 Å². The molecule has 0 saturated carbocycles. The number of hydrogen-bond donors (Lipinski definition) is 1. The number of ketones is 1. The fourth-order valence-electron chi connectivity index (χ4n) is 2.03. The summed E-state index contributed by atoms with van der Waals surface area (Å²) in [6, 6.07) is 4.50. The number of nitrogens with zero attached hydrogens (tertiary/aromatic N) is 1. The molecule has 0 atom stereocenters. The number of nitro groups is 1. The molecule has 0 spiro atoms. The molecule has 0 saturated heterocycles. The molecular weight excluding hydrogens is 244 g/mol. The Labute approximate surface area is 110 Å². The Morgan fingerprint density at radius 1 is 1.37 bits per heavy atom. The molecule has 1 aromatic heterocycles. The molecule has 0 bridgehead atoms. The van der Waals surface area contributed by atoms with Gasteiger partial charge in [-0.15, -0.1) is 0 Å². The fraction of sp³-hybridized carbons (Fsp3) is 0.357. The minimum Gasteiger partial charge on any atom is -0.360 e. The summed E-state index contributed by atoms with van der Waals surface area (Å²) < 4.78 is 0. The number of rotatable bonds is 3. The standard InChI is InChI=1S/C14H16N2O3/c1-14(2,3)7-13(17)11-8-15-12-5-4-9(16(18)19)6-10(11)12/h4-6,8,15H,7H2,1-3H3. The number of carbonyl (C=O) groups excluding carboxylic acids is 1. The number of aromatic amines is 1. The third kappa shape index (κ3) is 2.81. The summed E-state index contributed by atoms with van der Waals surface area (Å²) in [6.45, 7) is 5.96. The summed E-state index contributed by atoms with van der Waals surface area (Å²) in [5.74, 6) is -0.000696. The number of Topliss-reactive ketones (excluding diaryl/α,β-unsaturated/α-hetero) is 1. The highest BCUT2D eigenvalue weighted by molar-refractivity contribution is 6.08. The second-order valence-corrected chi connectivity index (χ2v) is 5.85. The highest BCUT2D eigenvalue weighted by atomic mass is 16.6. The van der Waals surface area contributed by atoms with E-state index in [-0.39, 0.29) is 16.9 Å². The number of nitro benzene ring substituents is 1. The first kappa shape index (κ1) is 13.3. The van der Waals surface area contributed by atoms with E-state index in [0.29, 0.717) is 17.4 Å². The number of aromatic nitrogens is 1. The van der Waals surface area contributed by atoms with Crippen LogP contribution in [0.1, 0.15) is 37.6 Å². The average molecular weight is 260 g/mol. The van der Waals surface area contributed by atoms with E-state index in [1.165, 1.54) is 12.1 Å². The van der Waals surface area contributed by atoms with Crippen molar-refractivity contribution in [3.8, 4) is 0 Å². The molecule has 2 aromatic rings. The quantitative estimate of drug-likeness (QED) is 0.519. The molecule has 1 N–H and O–H groups in total. The van der Waals surface area contributed by atoms with E-state index in [2.05, 4.69) is 4.98 Å². The zero-order valence-corrected chi connectivity index (χ0v) is 11.2. The number of non-ortho nitro benzene ring substituents is 1. The predicted molar refractivity (Wildman–Crippen MR) is 73.4 cm³/mol. The third-order valence-electron chi connectivity index (χ3n) is 2.87. The molecular formula is C14H16N2O3. The minimum absolute atomic E-state index is 0.000696. The number of benzene rings is 1. The molecule has 1 aromatic carbocycles. The van der Waals surface area contributed by atoms with Crippen molar-refractivity contribution in [2.45, 2.75) is 27.2 Å². The topological polar surface area (TPSA) is 76.0 Å². The Hall–Kier alpha value is -2.17. The van der Waals surface area contributed by atoms with Crippen LogP contribution < -0.4 is 0 Å².